The molecule has 2 aliphatic heterocycles. The van der Waals surface area contributed by atoms with Gasteiger partial charge in [0, 0.05) is 31.1 Å². The topological polar surface area (TPSA) is 84.9 Å². The highest BCUT2D eigenvalue weighted by Gasteiger charge is 2.38. The molecule has 1 fully saturated rings. The summed E-state index contributed by atoms with van der Waals surface area (Å²) in [4.78, 5) is 13.2. The van der Waals surface area contributed by atoms with Crippen molar-refractivity contribution in [3.63, 3.8) is 0 Å². The number of benzene rings is 2. The van der Waals surface area contributed by atoms with E-state index in [-0.39, 0.29) is 23.4 Å². The summed E-state index contributed by atoms with van der Waals surface area (Å²) < 4.78 is 52.0. The van der Waals surface area contributed by atoms with Crippen LogP contribution in [0.25, 0.3) is 0 Å². The van der Waals surface area contributed by atoms with Gasteiger partial charge in [-0.1, -0.05) is 0 Å². The number of halogens is 1. The molecule has 0 bridgehead atoms. The molecule has 1 N–H and O–H groups in total. The quantitative estimate of drug-likeness (QED) is 0.712. The molecule has 0 aromatic heterocycles. The summed E-state index contributed by atoms with van der Waals surface area (Å²) in [6.07, 6.45) is 1.76. The zero-order chi connectivity index (χ0) is 23.8. The maximum Gasteiger partial charge on any atom is 0.243 e. The third-order valence-corrected chi connectivity index (χ3v) is 8.08. The van der Waals surface area contributed by atoms with Crippen molar-refractivity contribution in [3.8, 4) is 11.5 Å². The number of sulfonamides is 1. The van der Waals surface area contributed by atoms with Crippen LogP contribution in [0, 0.1) is 11.7 Å². The van der Waals surface area contributed by atoms with Crippen LogP contribution in [0.1, 0.15) is 44.7 Å². The van der Waals surface area contributed by atoms with E-state index >= 15 is 0 Å². The van der Waals surface area contributed by atoms with Crippen molar-refractivity contribution in [1.29, 1.82) is 0 Å². The molecule has 2 atom stereocenters. The fourth-order valence-electron chi connectivity index (χ4n) is 4.51. The van der Waals surface area contributed by atoms with E-state index in [4.69, 9.17) is 9.47 Å². The predicted octanol–water partition coefficient (Wildman–Crippen LogP) is 3.65. The third-order valence-electron chi connectivity index (χ3n) is 6.20. The Hall–Kier alpha value is -2.65. The first kappa shape index (κ1) is 23.5. The summed E-state index contributed by atoms with van der Waals surface area (Å²) in [5.74, 6) is 0.188. The number of methoxy groups -OCH3 is 1. The van der Waals surface area contributed by atoms with Crippen molar-refractivity contribution in [3.05, 3.63) is 53.8 Å². The van der Waals surface area contributed by atoms with Gasteiger partial charge >= 0.3 is 0 Å². The minimum Gasteiger partial charge on any atom is -0.497 e. The number of nitrogens with zero attached hydrogens (tertiary/aromatic N) is 1. The minimum atomic E-state index is -3.80. The van der Waals surface area contributed by atoms with Gasteiger partial charge in [-0.25, -0.2) is 12.8 Å². The molecule has 2 aliphatic rings. The Morgan fingerprint density at radius 3 is 2.64 bits per heavy atom. The number of carbonyl (C=O) groups is 1. The average Bonchev–Trinajstić information content (AvgIpc) is 2.78. The van der Waals surface area contributed by atoms with Gasteiger partial charge in [-0.3, -0.25) is 4.79 Å². The first-order valence-corrected chi connectivity index (χ1v) is 12.5. The van der Waals surface area contributed by atoms with Crippen LogP contribution in [0.4, 0.5) is 4.39 Å². The monoisotopic (exact) mass is 476 g/mol. The molecule has 0 unspecified atom stereocenters. The van der Waals surface area contributed by atoms with Crippen molar-refractivity contribution in [2.45, 2.75) is 49.6 Å². The van der Waals surface area contributed by atoms with E-state index in [1.807, 2.05) is 32.0 Å². The minimum absolute atomic E-state index is 0.0269. The molecular weight excluding hydrogens is 447 g/mol. The van der Waals surface area contributed by atoms with E-state index < -0.39 is 27.4 Å². The van der Waals surface area contributed by atoms with Crippen molar-refractivity contribution in [2.75, 3.05) is 20.2 Å². The van der Waals surface area contributed by atoms with Gasteiger partial charge in [0.15, 0.2) is 0 Å². The molecule has 0 aliphatic carbocycles. The van der Waals surface area contributed by atoms with Gasteiger partial charge in [0.25, 0.3) is 0 Å². The summed E-state index contributed by atoms with van der Waals surface area (Å²) in [5.41, 5.74) is 0.386. The Bertz CT molecular complexity index is 1130. The molecular formula is C24H29FN2O5S. The Balaban J connectivity index is 1.50. The van der Waals surface area contributed by atoms with E-state index in [0.29, 0.717) is 37.3 Å². The fraction of sp³-hybridized carbons (Fsp3) is 0.458. The van der Waals surface area contributed by atoms with Gasteiger partial charge in [0.05, 0.1) is 24.0 Å². The van der Waals surface area contributed by atoms with Crippen LogP contribution in [-0.2, 0) is 14.8 Å². The SMILES string of the molecule is COc1ccc2c(c1)OC(C)(C)C[C@H]2NC(=O)[C@@H]1CCCN(S(=O)(=O)c2ccc(F)cc2)C1. The standard InChI is InChI=1S/C24H29FN2O5S/c1-24(2)14-21(20-11-8-18(31-3)13-22(20)32-24)26-23(28)16-5-4-12-27(15-16)33(29,30)19-9-6-17(25)7-10-19/h6-11,13,16,21H,4-5,12,14-15H2,1-3H3,(H,26,28)/t16-,21-/m1/s1. The lowest BCUT2D eigenvalue weighted by molar-refractivity contribution is -0.127. The molecule has 33 heavy (non-hydrogen) atoms. The predicted molar refractivity (Wildman–Crippen MR) is 121 cm³/mol. The van der Waals surface area contributed by atoms with E-state index in [1.54, 1.807) is 7.11 Å². The number of nitrogens with one attached hydrogen (secondary N) is 1. The summed E-state index contributed by atoms with van der Waals surface area (Å²) in [5, 5.41) is 3.13. The lowest BCUT2D eigenvalue weighted by atomic mass is 9.88. The Labute approximate surface area is 193 Å². The number of ether oxygens (including phenoxy) is 2. The van der Waals surface area contributed by atoms with Crippen LogP contribution >= 0.6 is 0 Å². The van der Waals surface area contributed by atoms with Gasteiger partial charge in [-0.05, 0) is 63.1 Å². The normalized spacial score (nSPS) is 22.7. The number of hydrogen-bond acceptors (Lipinski definition) is 5. The zero-order valence-corrected chi connectivity index (χ0v) is 19.8. The molecule has 0 spiro atoms. The third kappa shape index (κ3) is 4.99. The van der Waals surface area contributed by atoms with Crippen LogP contribution in [-0.4, -0.2) is 44.4 Å². The number of hydrogen-bond donors (Lipinski definition) is 1. The molecule has 4 rings (SSSR count). The second-order valence-electron chi connectivity index (χ2n) is 9.19. The summed E-state index contributed by atoms with van der Waals surface area (Å²) >= 11 is 0. The number of rotatable bonds is 5. The van der Waals surface area contributed by atoms with Crippen molar-refractivity contribution in [2.24, 2.45) is 5.92 Å². The van der Waals surface area contributed by atoms with Gasteiger partial charge in [0.2, 0.25) is 15.9 Å². The molecule has 2 heterocycles. The smallest absolute Gasteiger partial charge is 0.243 e. The second kappa shape index (κ2) is 8.95. The first-order valence-electron chi connectivity index (χ1n) is 11.0. The maximum absolute atomic E-state index is 13.2. The Morgan fingerprint density at radius 1 is 1.21 bits per heavy atom. The maximum atomic E-state index is 13.2. The molecule has 7 nitrogen and oxygen atoms in total. The van der Waals surface area contributed by atoms with Gasteiger partial charge < -0.3 is 14.8 Å². The second-order valence-corrected chi connectivity index (χ2v) is 11.1. The molecule has 2 aromatic rings. The zero-order valence-electron chi connectivity index (χ0n) is 19.0. The lowest BCUT2D eigenvalue weighted by Gasteiger charge is -2.39. The van der Waals surface area contributed by atoms with E-state index in [2.05, 4.69) is 5.32 Å². The summed E-state index contributed by atoms with van der Waals surface area (Å²) in [6.45, 7) is 4.35. The van der Waals surface area contributed by atoms with Crippen molar-refractivity contribution in [1.82, 2.24) is 9.62 Å². The van der Waals surface area contributed by atoms with Crippen LogP contribution < -0.4 is 14.8 Å². The van der Waals surface area contributed by atoms with Gasteiger partial charge in [-0.15, -0.1) is 0 Å². The first-order chi connectivity index (χ1) is 15.6. The highest BCUT2D eigenvalue weighted by atomic mass is 32.2. The van der Waals surface area contributed by atoms with Crippen LogP contribution in [0.3, 0.4) is 0 Å². The van der Waals surface area contributed by atoms with Crippen LogP contribution in [0.2, 0.25) is 0 Å². The van der Waals surface area contributed by atoms with Crippen molar-refractivity contribution >= 4 is 15.9 Å². The summed E-state index contributed by atoms with van der Waals surface area (Å²) in [7, 11) is -2.21. The number of amides is 1. The van der Waals surface area contributed by atoms with E-state index in [9.17, 15) is 17.6 Å². The molecule has 9 heteroatoms. The van der Waals surface area contributed by atoms with Crippen LogP contribution in [0.15, 0.2) is 47.4 Å². The molecule has 0 saturated carbocycles. The molecule has 1 saturated heterocycles. The number of piperidine rings is 1. The Kier molecular flexibility index (Phi) is 6.37. The number of carbonyl (C=O) groups excluding carboxylic acids is 1. The Morgan fingerprint density at radius 2 is 1.94 bits per heavy atom. The molecule has 0 radical (unpaired) electrons. The molecule has 2 aromatic carbocycles. The van der Waals surface area contributed by atoms with Crippen molar-refractivity contribution < 1.29 is 27.1 Å². The lowest BCUT2D eigenvalue weighted by Crippen LogP contribution is -2.48. The van der Waals surface area contributed by atoms with Gasteiger partial charge in [-0.2, -0.15) is 4.31 Å². The fourth-order valence-corrected chi connectivity index (χ4v) is 6.03. The highest BCUT2D eigenvalue weighted by molar-refractivity contribution is 7.89. The van der Waals surface area contributed by atoms with E-state index in [0.717, 1.165) is 17.7 Å². The van der Waals surface area contributed by atoms with Crippen LogP contribution in [0.5, 0.6) is 11.5 Å². The molecule has 1 amide bonds. The highest BCUT2D eigenvalue weighted by Crippen LogP contribution is 2.41. The number of fused-ring (bicyclic) bond motifs is 1. The summed E-state index contributed by atoms with van der Waals surface area (Å²) in [6, 6.07) is 10.0. The largest absolute Gasteiger partial charge is 0.497 e. The average molecular weight is 477 g/mol. The van der Waals surface area contributed by atoms with E-state index in [1.165, 1.54) is 16.4 Å². The molecule has 178 valence electrons. The van der Waals surface area contributed by atoms with Gasteiger partial charge in [0.1, 0.15) is 22.9 Å².